The first-order valence-electron chi connectivity index (χ1n) is 61.5. The minimum atomic E-state index is 0. The van der Waals surface area contributed by atoms with E-state index < -0.39 is 0 Å². The molecule has 0 spiro atoms. The average molecular weight is 1810 g/mol. The molecule has 12 fully saturated rings. The van der Waals surface area contributed by atoms with E-state index in [1.807, 2.05) is 0 Å². The maximum Gasteiger partial charge on any atom is 0 e. The van der Waals surface area contributed by atoms with E-state index in [4.69, 9.17) is 0 Å². The van der Waals surface area contributed by atoms with Crippen molar-refractivity contribution in [3.05, 3.63) is 72.9 Å². The third-order valence-electron chi connectivity index (χ3n) is 38.1. The molecule has 774 valence electrons. The molecule has 0 nitrogen and oxygen atoms in total. The highest BCUT2D eigenvalue weighted by atomic mass is 14.4. The molecule has 0 radical (unpaired) electrons. The number of allylic oxidation sites excluding steroid dienone is 12. The van der Waals surface area contributed by atoms with Gasteiger partial charge < -0.3 is 0 Å². The maximum atomic E-state index is 2.55. The van der Waals surface area contributed by atoms with Crippen LogP contribution in [0.15, 0.2) is 72.9 Å². The zero-order valence-electron chi connectivity index (χ0n) is 90.1. The van der Waals surface area contributed by atoms with E-state index in [9.17, 15) is 0 Å². The van der Waals surface area contributed by atoms with Gasteiger partial charge in [0.2, 0.25) is 0 Å². The molecule has 0 atom stereocenters. The van der Waals surface area contributed by atoms with Gasteiger partial charge in [-0.1, -0.05) is 406 Å². The Morgan fingerprint density at radius 3 is 0.473 bits per heavy atom. The molecule has 0 saturated heterocycles. The van der Waals surface area contributed by atoms with Crippen molar-refractivity contribution in [3.63, 3.8) is 0 Å². The minimum absolute atomic E-state index is 0. The second kappa shape index (κ2) is 74.5. The highest BCUT2D eigenvalue weighted by molar-refractivity contribution is 4.99. The molecule has 0 amide bonds. The van der Waals surface area contributed by atoms with Gasteiger partial charge in [0.1, 0.15) is 0 Å². The van der Waals surface area contributed by atoms with Gasteiger partial charge in [0.15, 0.2) is 0 Å². The summed E-state index contributed by atoms with van der Waals surface area (Å²) in [4.78, 5) is 0. The third kappa shape index (κ3) is 49.2. The molecule has 0 aromatic heterocycles. The van der Waals surface area contributed by atoms with Crippen molar-refractivity contribution < 1.29 is 17.1 Å². The number of rotatable bonds is 45. The van der Waals surface area contributed by atoms with Crippen LogP contribution in [-0.4, -0.2) is 0 Å². The molecule has 12 rings (SSSR count). The van der Waals surface area contributed by atoms with Gasteiger partial charge in [-0.3, -0.25) is 0 Å². The molecule has 0 bridgehead atoms. The molecule has 0 aromatic rings. The second-order valence-corrected chi connectivity index (χ2v) is 47.9. The molecule has 0 aromatic carbocycles. The predicted molar refractivity (Wildman–Crippen MR) is 606 cm³/mol. The van der Waals surface area contributed by atoms with Crippen LogP contribution in [0.25, 0.3) is 0 Å². The lowest BCUT2D eigenvalue weighted by Gasteiger charge is -2.37. The van der Waals surface area contributed by atoms with E-state index in [2.05, 4.69) is 156 Å². The van der Waals surface area contributed by atoms with Crippen LogP contribution in [0.5, 0.6) is 0 Å². The van der Waals surface area contributed by atoms with Crippen LogP contribution in [0.2, 0.25) is 0 Å². The number of hydrogen-bond acceptors (Lipinski definition) is 0. The van der Waals surface area contributed by atoms with Gasteiger partial charge in [0.05, 0.1) is 0 Å². The van der Waals surface area contributed by atoms with E-state index in [0.29, 0.717) is 0 Å². The first-order valence-corrected chi connectivity index (χ1v) is 61.5. The first kappa shape index (κ1) is 114. The van der Waals surface area contributed by atoms with Crippen molar-refractivity contribution in [3.8, 4) is 0 Å². The lowest BCUT2D eigenvalue weighted by atomic mass is 9.68. The molecule has 0 heteroatoms. The van der Waals surface area contributed by atoms with Gasteiger partial charge >= 0.3 is 0 Å². The molecule has 0 heterocycles. The van der Waals surface area contributed by atoms with Gasteiger partial charge in [-0.15, -0.1) is 0 Å². The zero-order valence-corrected chi connectivity index (χ0v) is 90.1. The Hall–Kier alpha value is -1.56. The van der Waals surface area contributed by atoms with Crippen LogP contribution in [0.1, 0.15) is 620 Å². The monoisotopic (exact) mass is 1810 g/mol. The van der Waals surface area contributed by atoms with E-state index >= 15 is 0 Å². The van der Waals surface area contributed by atoms with E-state index in [-0.39, 0.29) is 17.1 Å². The Labute approximate surface area is 830 Å². The Morgan fingerprint density at radius 2 is 0.302 bits per heavy atom. The van der Waals surface area contributed by atoms with Crippen LogP contribution in [0.3, 0.4) is 0 Å². The van der Waals surface area contributed by atoms with Crippen molar-refractivity contribution in [2.75, 3.05) is 0 Å². The van der Waals surface area contributed by atoms with Crippen LogP contribution < -0.4 is 0 Å². The summed E-state index contributed by atoms with van der Waals surface area (Å²) < 4.78 is 0. The topological polar surface area (TPSA) is 0 Å². The maximum absolute atomic E-state index is 2.55. The molecular formula is C129H258. The normalized spacial score (nSPS) is 33.9. The van der Waals surface area contributed by atoms with Crippen LogP contribution in [-0.2, 0) is 0 Å². The molecule has 12 saturated carbocycles. The summed E-state index contributed by atoms with van der Waals surface area (Å²) in [6.07, 6.45) is 149. The first-order chi connectivity index (χ1) is 63.5. The summed E-state index contributed by atoms with van der Waals surface area (Å²) in [7, 11) is 0. The predicted octanol–water partition coefficient (Wildman–Crippen LogP) is 47.0. The molecule has 129 heavy (non-hydrogen) atoms. The van der Waals surface area contributed by atoms with Crippen LogP contribution in [0, 0.1) is 142 Å². The fourth-order valence-electron chi connectivity index (χ4n) is 28.8. The summed E-state index contributed by atoms with van der Waals surface area (Å²) in [5.74, 6) is 24.9. The van der Waals surface area contributed by atoms with E-state index in [1.165, 1.54) is 392 Å². The van der Waals surface area contributed by atoms with Crippen molar-refractivity contribution in [2.24, 2.45) is 142 Å². The summed E-state index contributed by atoms with van der Waals surface area (Å²) in [5.41, 5.74) is 0. The smallest absolute Gasteiger partial charge is 0 e. The second-order valence-electron chi connectivity index (χ2n) is 47.9. The Kier molecular flexibility index (Phi) is 66.1. The molecule has 0 unspecified atom stereocenters. The molecule has 12 aliphatic carbocycles. The summed E-state index contributed by atoms with van der Waals surface area (Å²) in [6, 6.07) is 0. The molecule has 0 N–H and O–H groups in total. The van der Waals surface area contributed by atoms with Gasteiger partial charge in [-0.2, -0.15) is 0 Å². The lowest BCUT2D eigenvalue weighted by molar-refractivity contribution is 0.151. The van der Waals surface area contributed by atoms with Crippen molar-refractivity contribution in [1.82, 2.24) is 0 Å². The SMILES string of the molecule is CCC/C=C/C1CCC(C2CCC(CCCC)CC2)CC1.CCC/C=C/C1CCC(C2CCC(CCCCC)CC2)CC1.CCCC/C=C/C1CCC(C2CCC(CC)CC2)CC1.CCCC/C=C/C1CCC(C2CCC(CCC)CC2)CC1.CCCC/C=C/C1CCC(C2CCC(CCCC)CC2)CC1.CCCC/C=C/C1CCC(C2CCC(CCCCC)CC2)CC1.[HH].[HH].[HH].[HH].[HH].[HH].[HH].[HH].[HH].[HH].[HH].[HH]. The molecular weight excluding hydrogens is 1550 g/mol. The van der Waals surface area contributed by atoms with Crippen molar-refractivity contribution >= 4 is 0 Å². The zero-order chi connectivity index (χ0) is 91.6. The van der Waals surface area contributed by atoms with Crippen LogP contribution >= 0.6 is 0 Å². The Morgan fingerprint density at radius 1 is 0.140 bits per heavy atom. The highest BCUT2D eigenvalue weighted by Crippen LogP contribution is 2.50. The summed E-state index contributed by atoms with van der Waals surface area (Å²) >= 11 is 0. The lowest BCUT2D eigenvalue weighted by Crippen LogP contribution is -2.25. The van der Waals surface area contributed by atoms with E-state index in [0.717, 1.165) is 142 Å². The van der Waals surface area contributed by atoms with E-state index in [1.54, 1.807) is 128 Å². The number of unbranched alkanes of at least 4 members (excludes halogenated alkanes) is 16. The number of hydrogen-bond donors (Lipinski definition) is 0. The fraction of sp³-hybridized carbons (Fsp3) is 0.907. The standard InChI is InChI=1S/C23H42.2C22H40.2C21H38.C20H36.12H2/c1-3-5-7-9-11-21-14-18-23(19-15-21)22-16-12-20(13-17-22)10-8-6-4-2;1-3-5-7-8-10-20-13-17-22(18-14-20)21-15-11-19(12-16-21)9-6-4-2;1-3-5-7-9-19-11-15-21(16-12-19)22-17-13-20(14-18-22)10-8-6-4-2;1-3-5-6-7-9-19-12-16-21(17-13-19)20-14-10-18(8-4-2)11-15-20;1-3-5-7-9-19-12-16-21(17-13-19)20-14-10-18(11-15-20)8-6-4-2;1-3-5-6-7-8-18-11-15-20(16-12-18)19-13-9-17(4-2)10-14-19;;;;;;;;;;;;/h9,11,20-23H,3-8,10,12-19H2,1-2H3;8,10,19-22H,3-7,9,11-18H2,1-2H3;7,9,19-22H,3-6,8,10-18H2,1-2H3;2*7,9,18-21H,3-6,8,10-17H2,1-2H3;7-8,17-20H,3-6,9-16H2,1-2H3;12*1H/b11-9+;10-8+;3*9-7+;8-7+;;;;;;;;;;;;. The average Bonchev–Trinajstić information content (AvgIpc) is 0.889. The van der Waals surface area contributed by atoms with Crippen LogP contribution in [0.4, 0.5) is 0 Å². The fourth-order valence-corrected chi connectivity index (χ4v) is 28.8. The summed E-state index contributed by atoms with van der Waals surface area (Å²) in [5, 5.41) is 0. The molecule has 12 aliphatic rings. The summed E-state index contributed by atoms with van der Waals surface area (Å²) in [6.45, 7) is 27.7. The van der Waals surface area contributed by atoms with Gasteiger partial charge in [-0.05, 0) is 412 Å². The quantitative estimate of drug-likeness (QED) is 0.0421. The van der Waals surface area contributed by atoms with Gasteiger partial charge in [0, 0.05) is 17.1 Å². The van der Waals surface area contributed by atoms with Crippen molar-refractivity contribution in [2.45, 2.75) is 603 Å². The molecule has 0 aliphatic heterocycles. The largest absolute Gasteiger partial charge is 0.0883 e. The highest BCUT2D eigenvalue weighted by Gasteiger charge is 2.37. The van der Waals surface area contributed by atoms with Crippen molar-refractivity contribution in [1.29, 1.82) is 0 Å². The third-order valence-corrected chi connectivity index (χ3v) is 38.1. The minimum Gasteiger partial charge on any atom is -0.0883 e. The van der Waals surface area contributed by atoms with Gasteiger partial charge in [-0.25, -0.2) is 0 Å². The Bertz CT molecular complexity index is 2690. The Balaban J connectivity index is -0.000000381. The van der Waals surface area contributed by atoms with Gasteiger partial charge in [0.25, 0.3) is 0 Å².